The van der Waals surface area contributed by atoms with E-state index in [2.05, 4.69) is 0 Å². The molecule has 1 aliphatic heterocycles. The third-order valence-electron chi connectivity index (χ3n) is 1.56. The van der Waals surface area contributed by atoms with Gasteiger partial charge in [0, 0.05) is 0 Å². The van der Waals surface area contributed by atoms with Crippen LogP contribution in [0, 0.1) is 0 Å². The Morgan fingerprint density at radius 2 is 2.18 bits per heavy atom. The van der Waals surface area contributed by atoms with Gasteiger partial charge in [0.2, 0.25) is 0 Å². The Morgan fingerprint density at radius 3 is 2.64 bits per heavy atom. The summed E-state index contributed by atoms with van der Waals surface area (Å²) in [6.07, 6.45) is -2.36. The zero-order valence-electron chi connectivity index (χ0n) is 5.80. The summed E-state index contributed by atoms with van der Waals surface area (Å²) < 4.78 is 4.70. The van der Waals surface area contributed by atoms with Gasteiger partial charge in [-0.15, -0.1) is 0 Å². The van der Waals surface area contributed by atoms with Crippen LogP contribution in [0.25, 0.3) is 0 Å². The lowest BCUT2D eigenvalue weighted by molar-refractivity contribution is -0.122. The number of Topliss-reactive ketones (excluding diaryl/α,β-unsaturated/α-hetero) is 1. The van der Waals surface area contributed by atoms with Gasteiger partial charge in [-0.05, 0) is 0 Å². The number of rotatable bonds is 4. The first-order valence-corrected chi connectivity index (χ1v) is 3.28. The van der Waals surface area contributed by atoms with Gasteiger partial charge in [0.25, 0.3) is 0 Å². The SMILES string of the molecule is O=C(CO)[C@H]1O[C@@H]1[C@@H](O)CO. The molecule has 0 aromatic rings. The number of epoxide rings is 1. The van der Waals surface area contributed by atoms with Crippen LogP contribution in [0.15, 0.2) is 0 Å². The molecule has 0 amide bonds. The van der Waals surface area contributed by atoms with Crippen molar-refractivity contribution in [2.45, 2.75) is 18.3 Å². The predicted octanol–water partition coefficient (Wildman–Crippen LogP) is -2.33. The van der Waals surface area contributed by atoms with E-state index in [4.69, 9.17) is 20.1 Å². The molecule has 5 heteroatoms. The average Bonchev–Trinajstić information content (AvgIpc) is 2.80. The van der Waals surface area contributed by atoms with Crippen molar-refractivity contribution in [2.24, 2.45) is 0 Å². The Bertz CT molecular complexity index is 157. The number of carbonyl (C=O) groups is 1. The Balaban J connectivity index is 2.31. The second-order valence-electron chi connectivity index (χ2n) is 2.40. The molecule has 3 N–H and O–H groups in total. The van der Waals surface area contributed by atoms with Gasteiger partial charge in [0.1, 0.15) is 24.9 Å². The highest BCUT2D eigenvalue weighted by atomic mass is 16.6. The van der Waals surface area contributed by atoms with Gasteiger partial charge in [-0.1, -0.05) is 0 Å². The normalized spacial score (nSPS) is 31.5. The van der Waals surface area contributed by atoms with Crippen LogP contribution in [0.3, 0.4) is 0 Å². The molecule has 0 aromatic carbocycles. The highest BCUT2D eigenvalue weighted by Gasteiger charge is 2.48. The van der Waals surface area contributed by atoms with Crippen molar-refractivity contribution >= 4 is 5.78 Å². The molecule has 0 unspecified atom stereocenters. The number of hydrogen-bond donors (Lipinski definition) is 3. The number of aliphatic hydroxyl groups excluding tert-OH is 3. The van der Waals surface area contributed by atoms with Crippen LogP contribution in [0.4, 0.5) is 0 Å². The van der Waals surface area contributed by atoms with Crippen molar-refractivity contribution < 1.29 is 24.9 Å². The fraction of sp³-hybridized carbons (Fsp3) is 0.833. The Kier molecular flexibility index (Phi) is 2.56. The van der Waals surface area contributed by atoms with Crippen molar-refractivity contribution in [2.75, 3.05) is 13.2 Å². The van der Waals surface area contributed by atoms with E-state index in [-0.39, 0.29) is 0 Å². The summed E-state index contributed by atoms with van der Waals surface area (Å²) in [6, 6.07) is 0. The molecule has 0 bridgehead atoms. The molecule has 0 saturated carbocycles. The van der Waals surface area contributed by atoms with Crippen molar-refractivity contribution in [1.82, 2.24) is 0 Å². The summed E-state index contributed by atoms with van der Waals surface area (Å²) in [6.45, 7) is -1.01. The van der Waals surface area contributed by atoms with Crippen LogP contribution in [0.5, 0.6) is 0 Å². The van der Waals surface area contributed by atoms with Crippen molar-refractivity contribution in [3.8, 4) is 0 Å². The smallest absolute Gasteiger partial charge is 0.189 e. The molecule has 64 valence electrons. The maximum absolute atomic E-state index is 10.6. The van der Waals surface area contributed by atoms with E-state index < -0.39 is 37.3 Å². The quantitative estimate of drug-likeness (QED) is 0.403. The lowest BCUT2D eigenvalue weighted by Crippen LogP contribution is -2.25. The molecule has 5 nitrogen and oxygen atoms in total. The minimum atomic E-state index is -1.02. The first-order valence-electron chi connectivity index (χ1n) is 3.28. The van der Waals surface area contributed by atoms with Crippen LogP contribution in [-0.2, 0) is 9.53 Å². The van der Waals surface area contributed by atoms with Crippen molar-refractivity contribution in [3.63, 3.8) is 0 Å². The standard InChI is InChI=1S/C6H10O5/c7-1-3(9)5-6(11-5)4(10)2-8/h3,5-9H,1-2H2/t3-,5+,6+/m0/s1. The lowest BCUT2D eigenvalue weighted by atomic mass is 10.1. The monoisotopic (exact) mass is 162 g/mol. The summed E-state index contributed by atoms with van der Waals surface area (Å²) in [5.74, 6) is -0.456. The van der Waals surface area contributed by atoms with Gasteiger partial charge in [-0.2, -0.15) is 0 Å². The topological polar surface area (TPSA) is 90.3 Å². The largest absolute Gasteiger partial charge is 0.394 e. The Hall–Kier alpha value is -0.490. The van der Waals surface area contributed by atoms with Crippen LogP contribution in [-0.4, -0.2) is 52.6 Å². The third kappa shape index (κ3) is 1.75. The Morgan fingerprint density at radius 1 is 1.55 bits per heavy atom. The van der Waals surface area contributed by atoms with Gasteiger partial charge in [-0.25, -0.2) is 0 Å². The highest BCUT2D eigenvalue weighted by molar-refractivity contribution is 5.86. The fourth-order valence-corrected chi connectivity index (χ4v) is 0.869. The molecule has 3 atom stereocenters. The maximum Gasteiger partial charge on any atom is 0.189 e. The first-order chi connectivity index (χ1) is 5.20. The third-order valence-corrected chi connectivity index (χ3v) is 1.56. The van der Waals surface area contributed by atoms with Crippen molar-refractivity contribution in [3.05, 3.63) is 0 Å². The summed E-state index contributed by atoms with van der Waals surface area (Å²) >= 11 is 0. The number of ether oxygens (including phenoxy) is 1. The van der Waals surface area contributed by atoms with E-state index in [1.807, 2.05) is 0 Å². The maximum atomic E-state index is 10.6. The molecule has 1 aliphatic rings. The van der Waals surface area contributed by atoms with E-state index in [9.17, 15) is 4.79 Å². The molecular formula is C6H10O5. The zero-order chi connectivity index (χ0) is 8.43. The molecule has 0 aliphatic carbocycles. The predicted molar refractivity (Wildman–Crippen MR) is 33.8 cm³/mol. The van der Waals surface area contributed by atoms with Gasteiger partial charge in [0.15, 0.2) is 5.78 Å². The molecule has 11 heavy (non-hydrogen) atoms. The van der Waals surface area contributed by atoms with Crippen molar-refractivity contribution in [1.29, 1.82) is 0 Å². The molecule has 0 radical (unpaired) electrons. The molecule has 1 fully saturated rings. The minimum absolute atomic E-state index is 0.431. The average molecular weight is 162 g/mol. The molecule has 0 spiro atoms. The number of carbonyl (C=O) groups excluding carboxylic acids is 1. The number of ketones is 1. The van der Waals surface area contributed by atoms with Crippen LogP contribution >= 0.6 is 0 Å². The summed E-state index contributed by atoms with van der Waals surface area (Å²) in [7, 11) is 0. The molecular weight excluding hydrogens is 152 g/mol. The fourth-order valence-electron chi connectivity index (χ4n) is 0.869. The van der Waals surface area contributed by atoms with Crippen LogP contribution in [0.2, 0.25) is 0 Å². The van der Waals surface area contributed by atoms with E-state index in [0.29, 0.717) is 0 Å². The summed E-state index contributed by atoms with van der Waals surface area (Å²) in [5, 5.41) is 25.7. The second-order valence-corrected chi connectivity index (χ2v) is 2.40. The lowest BCUT2D eigenvalue weighted by Gasteiger charge is -1.99. The van der Waals surface area contributed by atoms with E-state index in [1.54, 1.807) is 0 Å². The van der Waals surface area contributed by atoms with E-state index in [1.165, 1.54) is 0 Å². The zero-order valence-corrected chi connectivity index (χ0v) is 5.80. The summed E-state index contributed by atoms with van der Waals surface area (Å²) in [4.78, 5) is 10.6. The highest BCUT2D eigenvalue weighted by Crippen LogP contribution is 2.25. The van der Waals surface area contributed by atoms with E-state index in [0.717, 1.165) is 0 Å². The van der Waals surface area contributed by atoms with Gasteiger partial charge < -0.3 is 20.1 Å². The second kappa shape index (κ2) is 3.27. The van der Waals surface area contributed by atoms with E-state index >= 15 is 0 Å². The number of hydrogen-bond acceptors (Lipinski definition) is 5. The van der Waals surface area contributed by atoms with Crippen LogP contribution in [0.1, 0.15) is 0 Å². The number of aliphatic hydroxyl groups is 3. The molecule has 1 heterocycles. The van der Waals surface area contributed by atoms with Gasteiger partial charge in [0.05, 0.1) is 6.61 Å². The molecule has 1 saturated heterocycles. The summed E-state index contributed by atoms with van der Waals surface area (Å²) in [5.41, 5.74) is 0. The van der Waals surface area contributed by atoms with Gasteiger partial charge >= 0.3 is 0 Å². The Labute approximate surface area is 63.2 Å². The molecule has 1 rings (SSSR count). The van der Waals surface area contributed by atoms with Crippen LogP contribution < -0.4 is 0 Å². The molecule has 0 aromatic heterocycles. The first kappa shape index (κ1) is 8.61. The van der Waals surface area contributed by atoms with Gasteiger partial charge in [-0.3, -0.25) is 4.79 Å². The minimum Gasteiger partial charge on any atom is -0.394 e.